The minimum absolute atomic E-state index is 0.0403. The second-order valence-corrected chi connectivity index (χ2v) is 16.1. The molecule has 2 fully saturated rings. The van der Waals surface area contributed by atoms with Crippen molar-refractivity contribution in [2.24, 2.45) is 0 Å². The van der Waals surface area contributed by atoms with Gasteiger partial charge in [0.05, 0.1) is 13.2 Å². The third-order valence-corrected chi connectivity index (χ3v) is 13.8. The Hall–Kier alpha value is 0.628. The highest BCUT2D eigenvalue weighted by Gasteiger charge is 2.40. The van der Waals surface area contributed by atoms with Gasteiger partial charge in [0, 0.05) is 6.61 Å². The highest BCUT2D eigenvalue weighted by molar-refractivity contribution is 6.82. The molecule has 0 aromatic rings. The van der Waals surface area contributed by atoms with Crippen molar-refractivity contribution >= 4 is 36.4 Å². The van der Waals surface area contributed by atoms with Gasteiger partial charge in [-0.15, -0.1) is 0 Å². The Morgan fingerprint density at radius 2 is 1.75 bits per heavy atom. The average molecular weight is 352 g/mol. The Labute approximate surface area is 127 Å². The molecule has 20 heavy (non-hydrogen) atoms. The van der Waals surface area contributed by atoms with Crippen molar-refractivity contribution in [1.82, 2.24) is 0 Å². The fraction of sp³-hybridized carbons (Fsp3) is 1.00. The number of epoxide rings is 1. The molecule has 0 bridgehead atoms. The lowest BCUT2D eigenvalue weighted by Crippen LogP contribution is -2.53. The molecule has 0 spiro atoms. The van der Waals surface area contributed by atoms with E-state index in [1.807, 2.05) is 26.2 Å². The molecule has 2 saturated heterocycles. The zero-order valence-corrected chi connectivity index (χ0v) is 16.6. The number of rotatable bonds is 6. The topological polar surface area (TPSA) is 58.7 Å². The van der Waals surface area contributed by atoms with Gasteiger partial charge in [0.1, 0.15) is 6.10 Å². The van der Waals surface area contributed by atoms with Crippen molar-refractivity contribution in [2.45, 2.75) is 44.8 Å². The maximum atomic E-state index is 6.13. The largest absolute Gasteiger partial charge is 0.415 e. The van der Waals surface area contributed by atoms with E-state index >= 15 is 0 Å². The van der Waals surface area contributed by atoms with Crippen molar-refractivity contribution < 1.29 is 25.9 Å². The van der Waals surface area contributed by atoms with Gasteiger partial charge in [0.2, 0.25) is 0 Å². The fourth-order valence-electron chi connectivity index (χ4n) is 1.63. The summed E-state index contributed by atoms with van der Waals surface area (Å²) < 4.78 is 34.4. The summed E-state index contributed by atoms with van der Waals surface area (Å²) in [6.45, 7) is 10.4. The van der Waals surface area contributed by atoms with Gasteiger partial charge in [0.25, 0.3) is 0 Å². The second-order valence-electron chi connectivity index (χ2n) is 5.80. The molecular formula is C10H23O6Si4. The summed E-state index contributed by atoms with van der Waals surface area (Å²) in [5.74, 6) is 0. The number of ether oxygens (including phenoxy) is 2. The first-order valence-electron chi connectivity index (χ1n) is 6.90. The highest BCUT2D eigenvalue weighted by atomic mass is 28.5. The molecule has 1 unspecified atom stereocenters. The van der Waals surface area contributed by atoms with Crippen LogP contribution in [0.2, 0.25) is 32.2 Å². The molecule has 2 aliphatic heterocycles. The summed E-state index contributed by atoms with van der Waals surface area (Å²) in [6, 6.07) is 0.902. The van der Waals surface area contributed by atoms with Crippen LogP contribution in [0.1, 0.15) is 6.42 Å². The van der Waals surface area contributed by atoms with Crippen molar-refractivity contribution in [1.29, 1.82) is 0 Å². The zero-order valence-electron chi connectivity index (χ0n) is 12.6. The van der Waals surface area contributed by atoms with Crippen LogP contribution in [0.15, 0.2) is 0 Å². The van der Waals surface area contributed by atoms with E-state index in [4.69, 9.17) is 25.9 Å². The molecule has 115 valence electrons. The van der Waals surface area contributed by atoms with Crippen molar-refractivity contribution in [3.63, 3.8) is 0 Å². The number of hydrogen-bond acceptors (Lipinski definition) is 6. The normalized spacial score (nSPS) is 29.7. The minimum Gasteiger partial charge on any atom is -0.415 e. The van der Waals surface area contributed by atoms with Crippen LogP contribution in [0.4, 0.5) is 0 Å². The molecule has 1 atom stereocenters. The Morgan fingerprint density at radius 1 is 1.15 bits per heavy atom. The standard InChI is InChI=1S/C10H23O6Si4/c1-19(2)13-17-14-20(3,4)16-18(15-19)7-5-6-11-8-10-9-12-10/h10H,5-9H2,1-4H3. The first kappa shape index (κ1) is 17.0. The molecule has 0 saturated carbocycles. The van der Waals surface area contributed by atoms with Crippen molar-refractivity contribution in [3.05, 3.63) is 0 Å². The lowest BCUT2D eigenvalue weighted by Gasteiger charge is -2.35. The molecule has 2 aliphatic rings. The van der Waals surface area contributed by atoms with Gasteiger partial charge < -0.3 is 25.9 Å². The maximum absolute atomic E-state index is 6.13. The van der Waals surface area contributed by atoms with Crippen LogP contribution in [0.5, 0.6) is 0 Å². The summed E-state index contributed by atoms with van der Waals surface area (Å²) in [4.78, 5) is 0. The summed E-state index contributed by atoms with van der Waals surface area (Å²) in [6.07, 6.45) is 1.27. The fourth-order valence-corrected chi connectivity index (χ4v) is 11.0. The third-order valence-electron chi connectivity index (χ3n) is 2.67. The van der Waals surface area contributed by atoms with Crippen LogP contribution < -0.4 is 0 Å². The smallest absolute Gasteiger partial charge is 0.413 e. The molecule has 6 nitrogen and oxygen atoms in total. The molecular weight excluding hydrogens is 328 g/mol. The van der Waals surface area contributed by atoms with Crippen molar-refractivity contribution in [3.8, 4) is 0 Å². The average Bonchev–Trinajstić information content (AvgIpc) is 3.09. The molecule has 0 N–H and O–H groups in total. The number of hydrogen-bond donors (Lipinski definition) is 0. The maximum Gasteiger partial charge on any atom is 0.413 e. The van der Waals surface area contributed by atoms with Gasteiger partial charge in [-0.05, 0) is 38.7 Å². The lowest BCUT2D eigenvalue weighted by molar-refractivity contribution is 0.116. The monoisotopic (exact) mass is 351 g/mol. The molecule has 0 aliphatic carbocycles. The van der Waals surface area contributed by atoms with E-state index in [9.17, 15) is 0 Å². The van der Waals surface area contributed by atoms with E-state index in [1.54, 1.807) is 0 Å². The SMILES string of the molecule is C[Si]1(C)O[Si]O[Si](C)(C)O[Si](CCCOCC2CO2)O1. The summed E-state index contributed by atoms with van der Waals surface area (Å²) in [7, 11) is -5.51. The first-order valence-corrected chi connectivity index (χ1v) is 14.9. The summed E-state index contributed by atoms with van der Waals surface area (Å²) in [5.41, 5.74) is 0. The molecule has 0 aromatic carbocycles. The third kappa shape index (κ3) is 6.59. The van der Waals surface area contributed by atoms with Gasteiger partial charge in [-0.3, -0.25) is 0 Å². The van der Waals surface area contributed by atoms with E-state index < -0.39 is 26.4 Å². The molecule has 0 amide bonds. The van der Waals surface area contributed by atoms with Crippen molar-refractivity contribution in [2.75, 3.05) is 19.8 Å². The van der Waals surface area contributed by atoms with Gasteiger partial charge >= 0.3 is 36.4 Å². The van der Waals surface area contributed by atoms with Crippen LogP contribution in [-0.2, 0) is 25.9 Å². The molecule has 2 rings (SSSR count). The van der Waals surface area contributed by atoms with Gasteiger partial charge in [-0.1, -0.05) is 0 Å². The van der Waals surface area contributed by atoms with Crippen LogP contribution in [0.3, 0.4) is 0 Å². The van der Waals surface area contributed by atoms with E-state index in [0.717, 1.165) is 25.7 Å². The Bertz CT molecular complexity index is 294. The predicted octanol–water partition coefficient (Wildman–Crippen LogP) is 1.30. The highest BCUT2D eigenvalue weighted by Crippen LogP contribution is 2.20. The molecule has 3 radical (unpaired) electrons. The molecule has 0 aromatic heterocycles. The van der Waals surface area contributed by atoms with E-state index in [2.05, 4.69) is 0 Å². The van der Waals surface area contributed by atoms with Crippen LogP contribution >= 0.6 is 0 Å². The van der Waals surface area contributed by atoms with Gasteiger partial charge in [0.15, 0.2) is 0 Å². The van der Waals surface area contributed by atoms with Crippen LogP contribution in [-0.4, -0.2) is 62.3 Å². The van der Waals surface area contributed by atoms with Crippen LogP contribution in [0.25, 0.3) is 0 Å². The van der Waals surface area contributed by atoms with Gasteiger partial charge in [-0.25, -0.2) is 0 Å². The van der Waals surface area contributed by atoms with Crippen LogP contribution in [0, 0.1) is 0 Å². The predicted molar refractivity (Wildman–Crippen MR) is 80.8 cm³/mol. The Balaban J connectivity index is 1.72. The summed E-state index contributed by atoms with van der Waals surface area (Å²) >= 11 is 0. The van der Waals surface area contributed by atoms with Gasteiger partial charge in [-0.2, -0.15) is 0 Å². The quantitative estimate of drug-likeness (QED) is 0.408. The minimum atomic E-state index is -2.11. The lowest BCUT2D eigenvalue weighted by atomic mass is 10.5. The zero-order chi connectivity index (χ0) is 14.6. The molecule has 2 heterocycles. The molecule has 10 heteroatoms. The van der Waals surface area contributed by atoms with E-state index in [-0.39, 0.29) is 10.0 Å². The summed E-state index contributed by atoms with van der Waals surface area (Å²) in [5, 5.41) is 0. The second kappa shape index (κ2) is 7.26. The Kier molecular flexibility index (Phi) is 6.17. The van der Waals surface area contributed by atoms with E-state index in [1.165, 1.54) is 0 Å². The van der Waals surface area contributed by atoms with E-state index in [0.29, 0.717) is 12.7 Å². The Morgan fingerprint density at radius 3 is 2.30 bits per heavy atom. The first-order chi connectivity index (χ1) is 9.36.